The maximum Gasteiger partial charge on any atom is 0.241 e. The molecule has 0 saturated carbocycles. The lowest BCUT2D eigenvalue weighted by Gasteiger charge is -2.26. The highest BCUT2D eigenvalue weighted by Crippen LogP contribution is 2.40. The lowest BCUT2D eigenvalue weighted by molar-refractivity contribution is -0.112. The highest BCUT2D eigenvalue weighted by atomic mass is 32.2. The first-order valence-electron chi connectivity index (χ1n) is 10.4. The van der Waals surface area contributed by atoms with Crippen LogP contribution in [0.2, 0.25) is 0 Å². The molecule has 3 aromatic carbocycles. The molecular weight excluding hydrogens is 470 g/mol. The molecule has 0 radical (unpaired) electrons. The van der Waals surface area contributed by atoms with Crippen molar-refractivity contribution < 1.29 is 13.2 Å². The summed E-state index contributed by atoms with van der Waals surface area (Å²) < 4.78 is 29.6. The van der Waals surface area contributed by atoms with Crippen LogP contribution >= 0.6 is 23.1 Å². The number of hydrogen-bond donors (Lipinski definition) is 1. The number of sulfonamides is 1. The van der Waals surface area contributed by atoms with Gasteiger partial charge in [-0.2, -0.15) is 0 Å². The zero-order valence-electron chi connectivity index (χ0n) is 17.9. The smallest absolute Gasteiger partial charge is 0.241 e. The summed E-state index contributed by atoms with van der Waals surface area (Å²) in [4.78, 5) is 15.4. The molecule has 0 fully saturated rings. The number of hydrogen-bond acceptors (Lipinski definition) is 5. The fourth-order valence-electron chi connectivity index (χ4n) is 3.49. The van der Waals surface area contributed by atoms with E-state index in [9.17, 15) is 13.2 Å². The van der Waals surface area contributed by atoms with Crippen LogP contribution in [0.5, 0.6) is 0 Å². The van der Waals surface area contributed by atoms with Gasteiger partial charge in [0.15, 0.2) is 0 Å². The standard InChI is InChI=1S/C26H23NO3S3/c1-19-14-16-22(17-15-19)33(29,30)27-25(20-9-4-2-5-10-20)24(23-13-8-18-31-23)26(28)32-21-11-6-3-7-12-21/h2-18,24-25,27H,1H3/t24-,25-/m1/s1. The maximum atomic E-state index is 13.6. The normalized spacial score (nSPS) is 13.4. The van der Waals surface area contributed by atoms with Crippen LogP contribution in [0.3, 0.4) is 0 Å². The third-order valence-corrected chi connectivity index (χ3v) is 8.55. The highest BCUT2D eigenvalue weighted by Gasteiger charge is 2.35. The van der Waals surface area contributed by atoms with Crippen molar-refractivity contribution >= 4 is 38.2 Å². The van der Waals surface area contributed by atoms with E-state index in [1.807, 2.05) is 85.1 Å². The molecular formula is C26H23NO3S3. The largest absolute Gasteiger partial charge is 0.286 e. The Morgan fingerprint density at radius 1 is 0.848 bits per heavy atom. The van der Waals surface area contributed by atoms with E-state index in [0.29, 0.717) is 0 Å². The Balaban J connectivity index is 1.76. The fraction of sp³-hybridized carbons (Fsp3) is 0.115. The summed E-state index contributed by atoms with van der Waals surface area (Å²) >= 11 is 2.58. The molecule has 1 N–H and O–H groups in total. The van der Waals surface area contributed by atoms with Crippen LogP contribution in [-0.2, 0) is 14.8 Å². The summed E-state index contributed by atoms with van der Waals surface area (Å²) in [5.41, 5.74) is 1.70. The minimum Gasteiger partial charge on any atom is -0.286 e. The van der Waals surface area contributed by atoms with Crippen molar-refractivity contribution in [2.45, 2.75) is 28.7 Å². The molecule has 4 aromatic rings. The van der Waals surface area contributed by atoms with Crippen LogP contribution in [0.15, 0.2) is 112 Å². The summed E-state index contributed by atoms with van der Waals surface area (Å²) in [7, 11) is -3.87. The first kappa shape index (κ1) is 23.4. The Hall–Kier alpha value is -2.71. The van der Waals surface area contributed by atoms with Crippen LogP contribution in [0.4, 0.5) is 0 Å². The molecule has 1 heterocycles. The summed E-state index contributed by atoms with van der Waals surface area (Å²) in [6.07, 6.45) is 0. The van der Waals surface area contributed by atoms with Crippen LogP contribution in [0, 0.1) is 6.92 Å². The molecule has 0 aliphatic carbocycles. The molecule has 168 valence electrons. The van der Waals surface area contributed by atoms with Gasteiger partial charge in [-0.25, -0.2) is 13.1 Å². The summed E-state index contributed by atoms with van der Waals surface area (Å²) in [6.45, 7) is 1.91. The van der Waals surface area contributed by atoms with Crippen molar-refractivity contribution in [1.82, 2.24) is 4.72 Å². The Labute approximate surface area is 202 Å². The second-order valence-electron chi connectivity index (χ2n) is 7.55. The SMILES string of the molecule is Cc1ccc(S(=O)(=O)N[C@H](c2ccccc2)[C@H](C(=O)Sc2ccccc2)c2cccs2)cc1. The number of benzene rings is 3. The van der Waals surface area contributed by atoms with Crippen LogP contribution < -0.4 is 4.72 Å². The van der Waals surface area contributed by atoms with Crippen LogP contribution in [0.25, 0.3) is 0 Å². The highest BCUT2D eigenvalue weighted by molar-refractivity contribution is 8.13. The van der Waals surface area contributed by atoms with Crippen molar-refractivity contribution in [2.75, 3.05) is 0 Å². The molecule has 1 aromatic heterocycles. The minimum atomic E-state index is -3.87. The van der Waals surface area contributed by atoms with Gasteiger partial charge in [-0.3, -0.25) is 4.79 Å². The van der Waals surface area contributed by atoms with Crippen molar-refractivity contribution in [3.63, 3.8) is 0 Å². The third-order valence-electron chi connectivity index (χ3n) is 5.17. The Bertz CT molecular complexity index is 1290. The monoisotopic (exact) mass is 493 g/mol. The molecule has 0 saturated heterocycles. The molecule has 0 bridgehead atoms. The summed E-state index contributed by atoms with van der Waals surface area (Å²) in [5, 5.41) is 1.78. The number of thiophene rings is 1. The second-order valence-corrected chi connectivity index (χ2v) is 11.3. The quantitative estimate of drug-likeness (QED) is 0.298. The van der Waals surface area contributed by atoms with Gasteiger partial charge in [0.2, 0.25) is 15.1 Å². The number of rotatable bonds is 8. The van der Waals surface area contributed by atoms with E-state index < -0.39 is 22.0 Å². The molecule has 4 nitrogen and oxygen atoms in total. The number of carbonyl (C=O) groups is 1. The van der Waals surface area contributed by atoms with E-state index in [1.54, 1.807) is 24.3 Å². The van der Waals surface area contributed by atoms with Gasteiger partial charge in [0.25, 0.3) is 0 Å². The zero-order valence-corrected chi connectivity index (χ0v) is 20.4. The van der Waals surface area contributed by atoms with Gasteiger partial charge < -0.3 is 0 Å². The molecule has 0 aliphatic rings. The van der Waals surface area contributed by atoms with Crippen LogP contribution in [0.1, 0.15) is 28.0 Å². The number of aryl methyl sites for hydroxylation is 1. The van der Waals surface area contributed by atoms with Gasteiger partial charge in [-0.15, -0.1) is 11.3 Å². The van der Waals surface area contributed by atoms with Gasteiger partial charge in [-0.1, -0.05) is 84.1 Å². The first-order valence-corrected chi connectivity index (χ1v) is 13.6. The zero-order chi connectivity index (χ0) is 23.3. The number of nitrogens with one attached hydrogen (secondary N) is 1. The van der Waals surface area contributed by atoms with Crippen molar-refractivity contribution in [2.24, 2.45) is 0 Å². The van der Waals surface area contributed by atoms with Gasteiger partial charge in [0, 0.05) is 9.77 Å². The van der Waals surface area contributed by atoms with Crippen LogP contribution in [-0.4, -0.2) is 13.5 Å². The minimum absolute atomic E-state index is 0.121. The van der Waals surface area contributed by atoms with E-state index in [2.05, 4.69) is 4.72 Å². The van der Waals surface area contributed by atoms with Crippen molar-refractivity contribution in [3.05, 3.63) is 118 Å². The average Bonchev–Trinajstić information content (AvgIpc) is 3.34. The molecule has 33 heavy (non-hydrogen) atoms. The van der Waals surface area contributed by atoms with E-state index in [-0.39, 0.29) is 10.0 Å². The second kappa shape index (κ2) is 10.5. The predicted octanol–water partition coefficient (Wildman–Crippen LogP) is 6.18. The van der Waals surface area contributed by atoms with E-state index in [1.165, 1.54) is 11.3 Å². The van der Waals surface area contributed by atoms with E-state index in [0.717, 1.165) is 32.7 Å². The number of thioether (sulfide) groups is 1. The molecule has 0 spiro atoms. The molecule has 7 heteroatoms. The maximum absolute atomic E-state index is 13.6. The van der Waals surface area contributed by atoms with Gasteiger partial charge in [-0.05, 0) is 48.2 Å². The third kappa shape index (κ3) is 5.81. The Morgan fingerprint density at radius 2 is 1.48 bits per heavy atom. The lowest BCUT2D eigenvalue weighted by Crippen LogP contribution is -2.34. The fourth-order valence-corrected chi connectivity index (χ4v) is 6.58. The van der Waals surface area contributed by atoms with Gasteiger partial charge >= 0.3 is 0 Å². The van der Waals surface area contributed by atoms with Crippen molar-refractivity contribution in [3.8, 4) is 0 Å². The van der Waals surface area contributed by atoms with Gasteiger partial charge in [0.1, 0.15) is 0 Å². The van der Waals surface area contributed by atoms with E-state index >= 15 is 0 Å². The van der Waals surface area contributed by atoms with E-state index in [4.69, 9.17) is 0 Å². The Kier molecular flexibility index (Phi) is 7.45. The molecule has 2 atom stereocenters. The average molecular weight is 494 g/mol. The molecule has 0 unspecified atom stereocenters. The topological polar surface area (TPSA) is 63.2 Å². The Morgan fingerprint density at radius 3 is 2.09 bits per heavy atom. The molecule has 4 rings (SSSR count). The lowest BCUT2D eigenvalue weighted by atomic mass is 9.93. The van der Waals surface area contributed by atoms with Crippen molar-refractivity contribution in [1.29, 1.82) is 0 Å². The first-order chi connectivity index (χ1) is 15.9. The molecule has 0 amide bonds. The molecule has 0 aliphatic heterocycles. The number of carbonyl (C=O) groups excluding carboxylic acids is 1. The summed E-state index contributed by atoms with van der Waals surface area (Å²) in [5.74, 6) is -0.696. The van der Waals surface area contributed by atoms with Gasteiger partial charge in [0.05, 0.1) is 16.9 Å². The predicted molar refractivity (Wildman–Crippen MR) is 135 cm³/mol. The summed E-state index contributed by atoms with van der Waals surface area (Å²) in [6, 6.07) is 28.4.